The molecule has 0 aliphatic heterocycles. The predicted octanol–water partition coefficient (Wildman–Crippen LogP) is 7.09. The summed E-state index contributed by atoms with van der Waals surface area (Å²) in [5.41, 5.74) is 2.86. The van der Waals surface area contributed by atoms with Gasteiger partial charge in [-0.05, 0) is 56.0 Å². The second kappa shape index (κ2) is 16.9. The van der Waals surface area contributed by atoms with Crippen LogP contribution in [-0.4, -0.2) is 53.0 Å². The van der Waals surface area contributed by atoms with Crippen LogP contribution >= 0.6 is 11.3 Å². The Labute approximate surface area is 251 Å². The number of carbonyl (C=O) groups excluding carboxylic acids is 3. The average Bonchev–Trinajstić information content (AvgIpc) is 3.39. The Kier molecular flexibility index (Phi) is 13.7. The van der Waals surface area contributed by atoms with Crippen LogP contribution in [0.3, 0.4) is 0 Å². The van der Waals surface area contributed by atoms with Crippen molar-refractivity contribution in [3.05, 3.63) is 40.9 Å². The van der Waals surface area contributed by atoms with Crippen molar-refractivity contribution in [1.82, 2.24) is 15.2 Å². The number of benzene rings is 1. The topological polar surface area (TPSA) is 79.4 Å². The van der Waals surface area contributed by atoms with E-state index in [0.717, 1.165) is 41.2 Å². The molecular formula is C34H51N3O3S. The minimum atomic E-state index is -0.462. The molecule has 0 radical (unpaired) electrons. The largest absolute Gasteiger partial charge is 0.353 e. The molecule has 0 spiro atoms. The Balaban J connectivity index is 1.72. The molecule has 1 aromatic heterocycles. The monoisotopic (exact) mass is 581 g/mol. The molecule has 1 aliphatic rings. The maximum atomic E-state index is 13.8. The van der Waals surface area contributed by atoms with E-state index in [1.165, 1.54) is 37.7 Å². The third-order valence-electron chi connectivity index (χ3n) is 8.68. The van der Waals surface area contributed by atoms with Gasteiger partial charge in [0.05, 0.1) is 21.1 Å². The van der Waals surface area contributed by atoms with Gasteiger partial charge in [0.2, 0.25) is 5.91 Å². The van der Waals surface area contributed by atoms with Crippen LogP contribution in [0.5, 0.6) is 0 Å². The summed E-state index contributed by atoms with van der Waals surface area (Å²) in [7, 11) is 0. The molecule has 1 N–H and O–H groups in total. The molecule has 1 aliphatic carbocycles. The molecule has 6 nitrogen and oxygen atoms in total. The minimum absolute atomic E-state index is 0.0819. The number of Topliss-reactive ketones (excluding diaryl/α,β-unsaturated/α-hetero) is 2. The summed E-state index contributed by atoms with van der Waals surface area (Å²) in [5, 5.41) is 4.21. The molecule has 1 aromatic carbocycles. The molecule has 1 amide bonds. The number of ketones is 2. The van der Waals surface area contributed by atoms with Crippen molar-refractivity contribution < 1.29 is 14.4 Å². The molecule has 1 heterocycles. The first-order valence-electron chi connectivity index (χ1n) is 15.9. The maximum Gasteiger partial charge on any atom is 0.224 e. The Morgan fingerprint density at radius 1 is 1.10 bits per heavy atom. The van der Waals surface area contributed by atoms with Gasteiger partial charge >= 0.3 is 0 Å². The highest BCUT2D eigenvalue weighted by atomic mass is 32.1. The highest BCUT2D eigenvalue weighted by Crippen LogP contribution is 2.30. The van der Waals surface area contributed by atoms with Gasteiger partial charge in [0, 0.05) is 43.8 Å². The van der Waals surface area contributed by atoms with Crippen LogP contribution in [0.15, 0.2) is 30.4 Å². The van der Waals surface area contributed by atoms with Gasteiger partial charge in [0.25, 0.3) is 0 Å². The van der Waals surface area contributed by atoms with E-state index in [2.05, 4.69) is 49.7 Å². The highest BCUT2D eigenvalue weighted by molar-refractivity contribution is 7.18. The fourth-order valence-corrected chi connectivity index (χ4v) is 7.00. The van der Waals surface area contributed by atoms with E-state index < -0.39 is 5.92 Å². The van der Waals surface area contributed by atoms with E-state index >= 15 is 0 Å². The Morgan fingerprint density at radius 2 is 1.83 bits per heavy atom. The van der Waals surface area contributed by atoms with E-state index in [1.54, 1.807) is 11.3 Å². The third kappa shape index (κ3) is 10.4. The maximum absolute atomic E-state index is 13.8. The first-order chi connectivity index (χ1) is 19.8. The molecule has 2 atom stereocenters. The molecule has 0 saturated heterocycles. The highest BCUT2D eigenvalue weighted by Gasteiger charge is 2.28. The average molecular weight is 582 g/mol. The summed E-state index contributed by atoms with van der Waals surface area (Å²) >= 11 is 1.62. The number of aryl methyl sites for hydroxylation is 1. The van der Waals surface area contributed by atoms with Crippen molar-refractivity contribution in [2.45, 2.75) is 111 Å². The SMILES string of the molecule is C=C(CN(CC)CC)C(=O)CC[C@H](CC1CCCCC1)NC(=O)[C@@H](CC(=O)CC)Cc1nc2ccc(CC)cc2s1. The van der Waals surface area contributed by atoms with E-state index in [1.807, 2.05) is 13.0 Å². The summed E-state index contributed by atoms with van der Waals surface area (Å²) in [6, 6.07) is 6.24. The van der Waals surface area contributed by atoms with Crippen LogP contribution in [0, 0.1) is 11.8 Å². The van der Waals surface area contributed by atoms with Gasteiger partial charge in [0.15, 0.2) is 5.78 Å². The summed E-state index contributed by atoms with van der Waals surface area (Å²) in [5.74, 6) is 0.187. The fourth-order valence-electron chi connectivity index (χ4n) is 5.89. The lowest BCUT2D eigenvalue weighted by Crippen LogP contribution is -2.42. The van der Waals surface area contributed by atoms with E-state index in [-0.39, 0.29) is 29.9 Å². The second-order valence-corrected chi connectivity index (χ2v) is 12.8. The minimum Gasteiger partial charge on any atom is -0.353 e. The van der Waals surface area contributed by atoms with E-state index in [0.29, 0.717) is 43.7 Å². The normalized spacial score (nSPS) is 15.6. The standard InChI is InChI=1S/C34H51N3O3S/c1-6-25-15-17-30-32(20-25)41-33(36-30)22-27(21-29(38)7-2)34(40)35-28(19-26-13-11-10-12-14-26)16-18-31(39)24(5)23-37(8-3)9-4/h15,17,20,26-28H,5-14,16,18-19,21-23H2,1-4H3,(H,35,40)/t27-,28+/m0/s1. The van der Waals surface area contributed by atoms with Crippen LogP contribution in [0.2, 0.25) is 0 Å². The fraction of sp³-hybridized carbons (Fsp3) is 0.647. The van der Waals surface area contributed by atoms with Crippen molar-refractivity contribution in [3.63, 3.8) is 0 Å². The van der Waals surface area contributed by atoms with Crippen LogP contribution in [-0.2, 0) is 27.2 Å². The first-order valence-corrected chi connectivity index (χ1v) is 16.7. The predicted molar refractivity (Wildman–Crippen MR) is 170 cm³/mol. The number of nitrogens with one attached hydrogen (secondary N) is 1. The van der Waals surface area contributed by atoms with Gasteiger partial charge < -0.3 is 5.32 Å². The molecule has 41 heavy (non-hydrogen) atoms. The molecule has 226 valence electrons. The van der Waals surface area contributed by atoms with Crippen LogP contribution in [0.1, 0.15) is 102 Å². The number of likely N-dealkylation sites (N-methyl/N-ethyl adjacent to an activating group) is 1. The second-order valence-electron chi connectivity index (χ2n) is 11.7. The number of nitrogens with zero attached hydrogens (tertiary/aromatic N) is 2. The number of fused-ring (bicyclic) bond motifs is 1. The lowest BCUT2D eigenvalue weighted by atomic mass is 9.83. The van der Waals surface area contributed by atoms with Gasteiger partial charge in [-0.2, -0.15) is 0 Å². The Hall–Kier alpha value is -2.38. The molecule has 3 rings (SSSR count). The van der Waals surface area contributed by atoms with Crippen molar-refractivity contribution in [2.24, 2.45) is 11.8 Å². The van der Waals surface area contributed by atoms with Gasteiger partial charge in [-0.3, -0.25) is 19.3 Å². The molecular weight excluding hydrogens is 530 g/mol. The lowest BCUT2D eigenvalue weighted by Gasteiger charge is -2.28. The lowest BCUT2D eigenvalue weighted by molar-refractivity contribution is -0.130. The molecule has 7 heteroatoms. The van der Waals surface area contributed by atoms with Crippen molar-refractivity contribution >= 4 is 39.0 Å². The molecule has 1 fully saturated rings. The molecule has 0 bridgehead atoms. The summed E-state index contributed by atoms with van der Waals surface area (Å²) in [6.45, 7) is 14.6. The zero-order chi connectivity index (χ0) is 29.8. The number of hydrogen-bond donors (Lipinski definition) is 1. The number of aromatic nitrogens is 1. The van der Waals surface area contributed by atoms with Gasteiger partial charge in [-0.15, -0.1) is 11.3 Å². The number of carbonyl (C=O) groups is 3. The van der Waals surface area contributed by atoms with Crippen LogP contribution in [0.4, 0.5) is 0 Å². The number of rotatable bonds is 18. The number of hydrogen-bond acceptors (Lipinski definition) is 6. The van der Waals surface area contributed by atoms with Crippen molar-refractivity contribution in [2.75, 3.05) is 19.6 Å². The zero-order valence-corrected chi connectivity index (χ0v) is 26.6. The number of amides is 1. The van der Waals surface area contributed by atoms with Crippen molar-refractivity contribution in [1.29, 1.82) is 0 Å². The van der Waals surface area contributed by atoms with Gasteiger partial charge in [0.1, 0.15) is 5.78 Å². The molecule has 1 saturated carbocycles. The zero-order valence-electron chi connectivity index (χ0n) is 25.8. The molecule has 0 unspecified atom stereocenters. The first kappa shape index (κ1) is 33.1. The van der Waals surface area contributed by atoms with Crippen LogP contribution < -0.4 is 5.32 Å². The van der Waals surface area contributed by atoms with Crippen LogP contribution in [0.25, 0.3) is 10.2 Å². The Morgan fingerprint density at radius 3 is 2.49 bits per heavy atom. The summed E-state index contributed by atoms with van der Waals surface area (Å²) < 4.78 is 1.12. The van der Waals surface area contributed by atoms with E-state index in [4.69, 9.17) is 4.98 Å². The van der Waals surface area contributed by atoms with Gasteiger partial charge in [-0.1, -0.05) is 72.4 Å². The van der Waals surface area contributed by atoms with E-state index in [9.17, 15) is 14.4 Å². The number of thiazole rings is 1. The van der Waals surface area contributed by atoms with Gasteiger partial charge in [-0.25, -0.2) is 4.98 Å². The third-order valence-corrected chi connectivity index (χ3v) is 9.72. The quantitative estimate of drug-likeness (QED) is 0.190. The molecule has 2 aromatic rings. The van der Waals surface area contributed by atoms with Crippen molar-refractivity contribution in [3.8, 4) is 0 Å². The summed E-state index contributed by atoms with van der Waals surface area (Å²) in [4.78, 5) is 46.3. The summed E-state index contributed by atoms with van der Waals surface area (Å²) in [6.07, 6.45) is 10.0. The smallest absolute Gasteiger partial charge is 0.224 e. The Bertz CT molecular complexity index is 1160.